The zero-order chi connectivity index (χ0) is 16.7. The van der Waals surface area contributed by atoms with Crippen LogP contribution in [0.3, 0.4) is 0 Å². The topological polar surface area (TPSA) is 37.4 Å². The minimum atomic E-state index is -3.31. The summed E-state index contributed by atoms with van der Waals surface area (Å²) in [5.41, 5.74) is 2.60. The van der Waals surface area contributed by atoms with Gasteiger partial charge in [0.2, 0.25) is 10.0 Å². The number of nitrogens with zero attached hydrogens (tertiary/aromatic N) is 1. The zero-order valence-electron chi connectivity index (χ0n) is 13.6. The molecule has 0 unspecified atom stereocenters. The van der Waals surface area contributed by atoms with Crippen molar-refractivity contribution in [3.63, 3.8) is 0 Å². The van der Waals surface area contributed by atoms with Crippen LogP contribution in [0.1, 0.15) is 38.2 Å². The summed E-state index contributed by atoms with van der Waals surface area (Å²) in [6, 6.07) is 9.65. The van der Waals surface area contributed by atoms with Gasteiger partial charge in [0.1, 0.15) is 5.70 Å². The molecular formula is C19H23NO2S. The second kappa shape index (κ2) is 8.03. The SMILES string of the molecule is C=CCC1=C(C#Cc2ccccc2)N(S(=O)(=O)CC)CCCC1. The molecule has 0 aliphatic carbocycles. The molecule has 122 valence electrons. The second-order valence-corrected chi connectivity index (χ2v) is 7.67. The van der Waals surface area contributed by atoms with Crippen LogP contribution in [-0.4, -0.2) is 25.0 Å². The van der Waals surface area contributed by atoms with Gasteiger partial charge in [-0.3, -0.25) is 4.31 Å². The third-order valence-electron chi connectivity index (χ3n) is 3.86. The Balaban J connectivity index is 2.51. The van der Waals surface area contributed by atoms with E-state index in [1.807, 2.05) is 36.4 Å². The van der Waals surface area contributed by atoms with E-state index in [0.29, 0.717) is 18.7 Å². The number of benzene rings is 1. The van der Waals surface area contributed by atoms with Crippen LogP contribution in [0.15, 0.2) is 54.3 Å². The van der Waals surface area contributed by atoms with Crippen molar-refractivity contribution in [1.29, 1.82) is 0 Å². The van der Waals surface area contributed by atoms with Crippen LogP contribution in [0.4, 0.5) is 0 Å². The number of sulfonamides is 1. The highest BCUT2D eigenvalue weighted by Crippen LogP contribution is 2.26. The smallest absolute Gasteiger partial charge is 0.235 e. The lowest BCUT2D eigenvalue weighted by Crippen LogP contribution is -2.32. The van der Waals surface area contributed by atoms with Crippen LogP contribution in [0, 0.1) is 11.8 Å². The van der Waals surface area contributed by atoms with Crippen LogP contribution in [0.25, 0.3) is 0 Å². The maximum absolute atomic E-state index is 12.5. The maximum Gasteiger partial charge on any atom is 0.235 e. The maximum atomic E-state index is 12.5. The predicted molar refractivity (Wildman–Crippen MR) is 95.2 cm³/mol. The van der Waals surface area contributed by atoms with Crippen LogP contribution in [0.5, 0.6) is 0 Å². The Bertz CT molecular complexity index is 737. The summed E-state index contributed by atoms with van der Waals surface area (Å²) >= 11 is 0. The van der Waals surface area contributed by atoms with Crippen molar-refractivity contribution < 1.29 is 8.42 Å². The summed E-state index contributed by atoms with van der Waals surface area (Å²) < 4.78 is 26.5. The van der Waals surface area contributed by atoms with E-state index < -0.39 is 10.0 Å². The molecule has 1 aromatic carbocycles. The summed E-state index contributed by atoms with van der Waals surface area (Å²) in [6.45, 7) is 5.98. The van der Waals surface area contributed by atoms with Crippen LogP contribution < -0.4 is 0 Å². The fourth-order valence-electron chi connectivity index (χ4n) is 2.61. The van der Waals surface area contributed by atoms with Gasteiger partial charge in [0, 0.05) is 12.1 Å². The lowest BCUT2D eigenvalue weighted by molar-refractivity contribution is 0.481. The highest BCUT2D eigenvalue weighted by molar-refractivity contribution is 7.89. The molecule has 1 heterocycles. The van der Waals surface area contributed by atoms with Gasteiger partial charge in [0.05, 0.1) is 5.75 Å². The Morgan fingerprint density at radius 1 is 1.22 bits per heavy atom. The summed E-state index contributed by atoms with van der Waals surface area (Å²) in [4.78, 5) is 0. The van der Waals surface area contributed by atoms with Crippen molar-refractivity contribution in [2.45, 2.75) is 32.6 Å². The van der Waals surface area contributed by atoms with Gasteiger partial charge in [-0.25, -0.2) is 8.42 Å². The van der Waals surface area contributed by atoms with Crippen LogP contribution in [0.2, 0.25) is 0 Å². The minimum absolute atomic E-state index is 0.0882. The van der Waals surface area contributed by atoms with Gasteiger partial charge in [-0.2, -0.15) is 0 Å². The first-order valence-corrected chi connectivity index (χ1v) is 9.59. The van der Waals surface area contributed by atoms with E-state index in [9.17, 15) is 8.42 Å². The van der Waals surface area contributed by atoms with E-state index in [-0.39, 0.29) is 5.75 Å². The fraction of sp³-hybridized carbons (Fsp3) is 0.368. The Labute approximate surface area is 139 Å². The van der Waals surface area contributed by atoms with Gasteiger partial charge in [0.15, 0.2) is 0 Å². The molecule has 1 aromatic rings. The predicted octanol–water partition coefficient (Wildman–Crippen LogP) is 3.70. The number of rotatable bonds is 4. The average molecular weight is 329 g/mol. The highest BCUT2D eigenvalue weighted by Gasteiger charge is 2.25. The number of hydrogen-bond donors (Lipinski definition) is 0. The molecule has 3 nitrogen and oxygen atoms in total. The van der Waals surface area contributed by atoms with Crippen LogP contribution in [-0.2, 0) is 10.0 Å². The van der Waals surface area contributed by atoms with Crippen molar-refractivity contribution in [1.82, 2.24) is 4.31 Å². The molecule has 0 spiro atoms. The Hall–Kier alpha value is -1.99. The standard InChI is InChI=1S/C19H23NO2S/c1-3-10-18-13-8-9-16-20(23(21,22)4-2)19(18)15-14-17-11-6-5-7-12-17/h3,5-7,11-12H,1,4,8-10,13,16H2,2H3. The molecule has 23 heavy (non-hydrogen) atoms. The molecule has 0 radical (unpaired) electrons. The molecule has 1 aliphatic heterocycles. The van der Waals surface area contributed by atoms with Crippen molar-refractivity contribution in [2.75, 3.05) is 12.3 Å². The molecule has 0 fully saturated rings. The first-order chi connectivity index (χ1) is 11.1. The zero-order valence-corrected chi connectivity index (χ0v) is 14.4. The lowest BCUT2D eigenvalue weighted by atomic mass is 10.0. The Morgan fingerprint density at radius 2 is 1.96 bits per heavy atom. The lowest BCUT2D eigenvalue weighted by Gasteiger charge is -2.23. The molecule has 0 amide bonds. The van der Waals surface area contributed by atoms with Crippen molar-refractivity contribution >= 4 is 10.0 Å². The third-order valence-corrected chi connectivity index (χ3v) is 5.63. The van der Waals surface area contributed by atoms with E-state index in [0.717, 1.165) is 30.4 Å². The molecule has 0 saturated heterocycles. The molecule has 0 bridgehead atoms. The second-order valence-electron chi connectivity index (χ2n) is 5.49. The Kier molecular flexibility index (Phi) is 6.06. The summed E-state index contributed by atoms with van der Waals surface area (Å²) in [6.07, 6.45) is 5.21. The van der Waals surface area contributed by atoms with Crippen molar-refractivity contribution in [2.24, 2.45) is 0 Å². The van der Waals surface area contributed by atoms with E-state index in [2.05, 4.69) is 18.4 Å². The van der Waals surface area contributed by atoms with Crippen molar-refractivity contribution in [3.05, 3.63) is 59.8 Å². The van der Waals surface area contributed by atoms with E-state index in [4.69, 9.17) is 0 Å². The largest absolute Gasteiger partial charge is 0.262 e. The molecule has 0 N–H and O–H groups in total. The molecule has 2 rings (SSSR count). The van der Waals surface area contributed by atoms with E-state index >= 15 is 0 Å². The molecular weight excluding hydrogens is 306 g/mol. The van der Waals surface area contributed by atoms with Gasteiger partial charge >= 0.3 is 0 Å². The highest BCUT2D eigenvalue weighted by atomic mass is 32.2. The molecule has 1 aliphatic rings. The van der Waals surface area contributed by atoms with Gasteiger partial charge in [-0.1, -0.05) is 30.2 Å². The monoisotopic (exact) mass is 329 g/mol. The number of hydrogen-bond acceptors (Lipinski definition) is 2. The van der Waals surface area contributed by atoms with Gasteiger partial charge in [0.25, 0.3) is 0 Å². The molecule has 0 atom stereocenters. The van der Waals surface area contributed by atoms with Gasteiger partial charge in [-0.15, -0.1) is 6.58 Å². The van der Waals surface area contributed by atoms with E-state index in [1.54, 1.807) is 6.92 Å². The quantitative estimate of drug-likeness (QED) is 0.624. The summed E-state index contributed by atoms with van der Waals surface area (Å²) in [5.74, 6) is 6.33. The average Bonchev–Trinajstić information content (AvgIpc) is 2.77. The van der Waals surface area contributed by atoms with Crippen molar-refractivity contribution in [3.8, 4) is 11.8 Å². The number of allylic oxidation sites excluding steroid dienone is 3. The van der Waals surface area contributed by atoms with Gasteiger partial charge in [-0.05, 0) is 56.2 Å². The normalized spacial score (nSPS) is 15.6. The first-order valence-electron chi connectivity index (χ1n) is 7.99. The fourth-order valence-corrected chi connectivity index (χ4v) is 3.78. The molecule has 0 saturated carbocycles. The van der Waals surface area contributed by atoms with E-state index in [1.165, 1.54) is 4.31 Å². The molecule has 0 aromatic heterocycles. The summed E-state index contributed by atoms with van der Waals surface area (Å²) in [5, 5.41) is 0. The summed E-state index contributed by atoms with van der Waals surface area (Å²) in [7, 11) is -3.31. The van der Waals surface area contributed by atoms with Gasteiger partial charge < -0.3 is 0 Å². The Morgan fingerprint density at radius 3 is 2.61 bits per heavy atom. The van der Waals surface area contributed by atoms with Crippen LogP contribution >= 0.6 is 0 Å². The minimum Gasteiger partial charge on any atom is -0.262 e. The third kappa shape index (κ3) is 4.49. The molecule has 4 heteroatoms. The first kappa shape index (κ1) is 17.4.